The van der Waals surface area contributed by atoms with Crippen molar-refractivity contribution in [3.8, 4) is 0 Å². The predicted molar refractivity (Wildman–Crippen MR) is 229 cm³/mol. The van der Waals surface area contributed by atoms with Crippen LogP contribution < -0.4 is 65.9 Å². The van der Waals surface area contributed by atoms with E-state index in [4.69, 9.17) is 28.7 Å². The molecule has 1 aromatic carbocycles. The fourth-order valence-electron chi connectivity index (χ4n) is 6.17. The molecular formula is C40H66N12O11. The molecule has 0 aliphatic rings. The van der Waals surface area contributed by atoms with Gasteiger partial charge in [0.1, 0.15) is 42.3 Å². The van der Waals surface area contributed by atoms with Gasteiger partial charge < -0.3 is 71.0 Å². The van der Waals surface area contributed by atoms with E-state index in [1.807, 2.05) is 0 Å². The summed E-state index contributed by atoms with van der Waals surface area (Å²) in [7, 11) is 0. The number of benzene rings is 1. The number of nitrogens with two attached hydrogens (primary N) is 5. The number of rotatable bonds is 31. The van der Waals surface area contributed by atoms with E-state index in [-0.39, 0.29) is 45.2 Å². The summed E-state index contributed by atoms with van der Waals surface area (Å²) in [5, 5.41) is 27.4. The normalized spacial score (nSPS) is 14.3. The molecule has 18 N–H and O–H groups in total. The highest BCUT2D eigenvalue weighted by Gasteiger charge is 2.34. The van der Waals surface area contributed by atoms with Gasteiger partial charge in [0.05, 0.1) is 13.0 Å². The zero-order valence-corrected chi connectivity index (χ0v) is 36.1. The summed E-state index contributed by atoms with van der Waals surface area (Å²) >= 11 is 0. The Labute approximate surface area is 366 Å². The first kappa shape index (κ1) is 54.8. The van der Waals surface area contributed by atoms with Gasteiger partial charge in [-0.2, -0.15) is 0 Å². The van der Waals surface area contributed by atoms with E-state index in [0.717, 1.165) is 0 Å². The summed E-state index contributed by atoms with van der Waals surface area (Å²) in [4.78, 5) is 129. The Morgan fingerprint density at radius 2 is 0.968 bits per heavy atom. The summed E-state index contributed by atoms with van der Waals surface area (Å²) < 4.78 is 0. The van der Waals surface area contributed by atoms with Crippen LogP contribution in [0.1, 0.15) is 84.1 Å². The number of aliphatic hydroxyl groups is 1. The molecule has 0 saturated heterocycles. The predicted octanol–water partition coefficient (Wildman–Crippen LogP) is -4.82. The fourth-order valence-corrected chi connectivity index (χ4v) is 6.17. The number of carbonyl (C=O) groups is 10. The van der Waals surface area contributed by atoms with Crippen LogP contribution >= 0.6 is 0 Å². The van der Waals surface area contributed by atoms with Crippen LogP contribution in [-0.4, -0.2) is 126 Å². The average molecular weight is 891 g/mol. The minimum atomic E-state index is -1.71. The van der Waals surface area contributed by atoms with Crippen LogP contribution in [0.4, 0.5) is 0 Å². The number of carbonyl (C=O) groups excluding carboxylic acids is 10. The van der Waals surface area contributed by atoms with Gasteiger partial charge in [0.2, 0.25) is 59.1 Å². The molecule has 0 bridgehead atoms. The molecule has 1 rings (SSSR count). The Balaban J connectivity index is 3.34. The lowest BCUT2D eigenvalue weighted by Gasteiger charge is -2.27. The summed E-state index contributed by atoms with van der Waals surface area (Å²) in [5.74, 6) is -9.20. The molecule has 0 fully saturated rings. The minimum absolute atomic E-state index is 0.0130. The lowest BCUT2D eigenvalue weighted by atomic mass is 10.0. The molecule has 0 aliphatic heterocycles. The smallest absolute Gasteiger partial charge is 0.245 e. The van der Waals surface area contributed by atoms with E-state index < -0.39 is 120 Å². The highest BCUT2D eigenvalue weighted by molar-refractivity contribution is 5.98. The maximum Gasteiger partial charge on any atom is 0.245 e. The first-order valence-electron chi connectivity index (χ1n) is 20.7. The first-order valence-corrected chi connectivity index (χ1v) is 20.7. The second kappa shape index (κ2) is 29.2. The zero-order chi connectivity index (χ0) is 47.6. The number of hydrogen-bond donors (Lipinski definition) is 13. The van der Waals surface area contributed by atoms with E-state index in [1.54, 1.807) is 44.2 Å². The molecule has 23 heteroatoms. The van der Waals surface area contributed by atoms with Crippen molar-refractivity contribution in [2.24, 2.45) is 34.6 Å². The van der Waals surface area contributed by atoms with Gasteiger partial charge in [0.15, 0.2) is 0 Å². The second-order valence-corrected chi connectivity index (χ2v) is 15.3. The van der Waals surface area contributed by atoms with Crippen molar-refractivity contribution in [1.82, 2.24) is 37.2 Å². The lowest BCUT2D eigenvalue weighted by Crippen LogP contribution is -2.61. The standard InChI is InChI=1S/C40H66N12O11/c1-22(2)33(34(45)57)52-39(62)29(20-32(44)56)50-36(59)26(14-8-10-18-42)47-35(58)25(13-7-9-17-41)48-40(63)30(21-53)51-37(60)27(15-16-31(43)55)49-38(61)28(46-23(3)54)19-24-11-5-4-6-12-24/h4-6,11-12,22,25-30,33,53H,7-10,13-21,41-42H2,1-3H3,(H2,43,55)(H2,44,56)(H2,45,57)(H,46,54)(H,47,58)(H,48,63)(H,49,61)(H,50,59)(H,51,60)(H,52,62)/t25-,26-,27-,28-,29-,30-,33-/m0/s1. The number of nitrogens with one attached hydrogen (secondary N) is 7. The van der Waals surface area contributed by atoms with Gasteiger partial charge in [-0.15, -0.1) is 0 Å². The van der Waals surface area contributed by atoms with Crippen LogP contribution in [0.25, 0.3) is 0 Å². The number of amides is 10. The zero-order valence-electron chi connectivity index (χ0n) is 36.1. The Hall–Kier alpha value is -6.20. The molecule has 0 unspecified atom stereocenters. The molecule has 23 nitrogen and oxygen atoms in total. The highest BCUT2D eigenvalue weighted by atomic mass is 16.3. The SMILES string of the molecule is CC(=O)N[C@@H](Cc1ccccc1)C(=O)N[C@@H](CCC(N)=O)C(=O)N[C@@H](CO)C(=O)N[C@@H](CCCCN)C(=O)N[C@@H](CCCCN)C(=O)N[C@@H](CC(N)=O)C(=O)N[C@H](C(N)=O)C(C)C. The van der Waals surface area contributed by atoms with Gasteiger partial charge in [-0.1, -0.05) is 44.2 Å². The molecule has 10 amide bonds. The summed E-state index contributed by atoms with van der Waals surface area (Å²) in [6.45, 7) is 3.90. The van der Waals surface area contributed by atoms with Crippen LogP contribution in [0, 0.1) is 5.92 Å². The van der Waals surface area contributed by atoms with Crippen LogP contribution in [-0.2, 0) is 54.4 Å². The molecule has 0 spiro atoms. The molecule has 0 radical (unpaired) electrons. The van der Waals surface area contributed by atoms with Crippen molar-refractivity contribution in [2.45, 2.75) is 127 Å². The molecule has 0 aliphatic carbocycles. The van der Waals surface area contributed by atoms with E-state index in [0.29, 0.717) is 31.2 Å². The lowest BCUT2D eigenvalue weighted by molar-refractivity contribution is -0.136. The monoisotopic (exact) mass is 890 g/mol. The fraction of sp³-hybridized carbons (Fsp3) is 0.600. The van der Waals surface area contributed by atoms with E-state index in [9.17, 15) is 53.1 Å². The van der Waals surface area contributed by atoms with Gasteiger partial charge in [-0.3, -0.25) is 47.9 Å². The maximum absolute atomic E-state index is 13.9. The molecule has 0 saturated carbocycles. The van der Waals surface area contributed by atoms with Gasteiger partial charge in [0, 0.05) is 19.8 Å². The summed E-state index contributed by atoms with van der Waals surface area (Å²) in [6.07, 6.45) is 0.0773. The van der Waals surface area contributed by atoms with E-state index >= 15 is 0 Å². The van der Waals surface area contributed by atoms with Crippen molar-refractivity contribution in [1.29, 1.82) is 0 Å². The largest absolute Gasteiger partial charge is 0.394 e. The molecule has 0 aromatic heterocycles. The number of hydrogen-bond acceptors (Lipinski definition) is 13. The highest BCUT2D eigenvalue weighted by Crippen LogP contribution is 2.10. The Morgan fingerprint density at radius 1 is 0.540 bits per heavy atom. The Kier molecular flexibility index (Phi) is 25.4. The van der Waals surface area contributed by atoms with Crippen molar-refractivity contribution in [3.63, 3.8) is 0 Å². The van der Waals surface area contributed by atoms with E-state index in [2.05, 4.69) is 37.2 Å². The van der Waals surface area contributed by atoms with Gasteiger partial charge in [-0.05, 0) is 69.5 Å². The molecular weight excluding hydrogens is 825 g/mol. The van der Waals surface area contributed by atoms with Crippen LogP contribution in [0.5, 0.6) is 0 Å². The second-order valence-electron chi connectivity index (χ2n) is 15.3. The Morgan fingerprint density at radius 3 is 1.38 bits per heavy atom. The van der Waals surface area contributed by atoms with Crippen LogP contribution in [0.2, 0.25) is 0 Å². The average Bonchev–Trinajstić information content (AvgIpc) is 3.21. The molecule has 7 atom stereocenters. The van der Waals surface area contributed by atoms with Crippen LogP contribution in [0.3, 0.4) is 0 Å². The first-order chi connectivity index (χ1) is 29.7. The molecule has 352 valence electrons. The van der Waals surface area contributed by atoms with E-state index in [1.165, 1.54) is 6.92 Å². The number of primary amides is 3. The summed E-state index contributed by atoms with van der Waals surface area (Å²) in [6, 6.07) is -1.12. The molecule has 1 aromatic rings. The number of aliphatic hydroxyl groups excluding tert-OH is 1. The van der Waals surface area contributed by atoms with Crippen molar-refractivity contribution in [2.75, 3.05) is 19.7 Å². The van der Waals surface area contributed by atoms with Gasteiger partial charge >= 0.3 is 0 Å². The third-order valence-electron chi connectivity index (χ3n) is 9.57. The maximum atomic E-state index is 13.9. The topological polar surface area (TPSA) is 405 Å². The van der Waals surface area contributed by atoms with Gasteiger partial charge in [0.25, 0.3) is 0 Å². The quantitative estimate of drug-likeness (QED) is 0.0312. The number of unbranched alkanes of at least 4 members (excludes halogenated alkanes) is 2. The molecule has 63 heavy (non-hydrogen) atoms. The third kappa shape index (κ3) is 21.4. The van der Waals surface area contributed by atoms with Crippen LogP contribution in [0.15, 0.2) is 30.3 Å². The van der Waals surface area contributed by atoms with Crippen molar-refractivity contribution in [3.05, 3.63) is 35.9 Å². The minimum Gasteiger partial charge on any atom is -0.394 e. The van der Waals surface area contributed by atoms with Crippen molar-refractivity contribution < 1.29 is 53.1 Å². The Bertz CT molecular complexity index is 1720. The van der Waals surface area contributed by atoms with Crippen molar-refractivity contribution >= 4 is 59.1 Å². The third-order valence-corrected chi connectivity index (χ3v) is 9.57. The van der Waals surface area contributed by atoms with Gasteiger partial charge in [-0.25, -0.2) is 0 Å². The molecule has 0 heterocycles. The summed E-state index contributed by atoms with van der Waals surface area (Å²) in [5.41, 5.74) is 28.1.